The summed E-state index contributed by atoms with van der Waals surface area (Å²) in [6, 6.07) is 5.62. The summed E-state index contributed by atoms with van der Waals surface area (Å²) in [6.07, 6.45) is -11.8. The van der Waals surface area contributed by atoms with Gasteiger partial charge in [-0.25, -0.2) is 44.7 Å². The van der Waals surface area contributed by atoms with Crippen LogP contribution in [0.25, 0.3) is 28.0 Å². The number of nitrogens with zero attached hydrogens (tertiary/aromatic N) is 7. The standard InChI is InChI=1S/C40H29ClF11N9O4S/c41-22-6-7-26(34-32(22)37(57-59(34)14-28(44)45)58-66(64,65)19-4-5-19)61-30(63)13-24(23-2-1-3-27(53-23)40(50,51)52)55-38(61)25(10-16-8-17(42)11-18(43)9-16)54-29(62)15-60-35-31(33(56-60)36(46)47)20-12-21(20)39(35,48)49/h1-3,6-9,11,13,19-21,25,28,36H,4-5,10,12,14-15H2,(H,54,62)(H,57,58)/t20-,21+,25-/m0/s1. The maximum atomic E-state index is 15.5. The van der Waals surface area contributed by atoms with Crippen LogP contribution in [0.1, 0.15) is 71.7 Å². The van der Waals surface area contributed by atoms with Gasteiger partial charge in [-0.2, -0.15) is 32.1 Å². The number of rotatable bonds is 14. The van der Waals surface area contributed by atoms with Gasteiger partial charge in [0.15, 0.2) is 5.82 Å². The van der Waals surface area contributed by atoms with Gasteiger partial charge < -0.3 is 5.32 Å². The van der Waals surface area contributed by atoms with Crippen LogP contribution in [0.5, 0.6) is 0 Å². The number of hydrogen-bond donors (Lipinski definition) is 2. The first-order chi connectivity index (χ1) is 31.0. The molecule has 348 valence electrons. The SMILES string of the molecule is O=C(Cn1nc(C(F)F)c2c1C(F)(F)[C@@H]1C[C@H]21)N[C@@H](Cc1cc(F)cc(F)c1)c1nc(-c2cccc(C(F)(F)F)n2)cc(=O)n1-c1ccc(Cl)c2c(NS(=O)(=O)C3CC3)nn(CC(F)F)c12. The number of anilines is 1. The molecule has 0 saturated heterocycles. The molecule has 3 aliphatic carbocycles. The minimum absolute atomic E-state index is 0.105. The minimum Gasteiger partial charge on any atom is -0.344 e. The van der Waals surface area contributed by atoms with Crippen molar-refractivity contribution in [3.63, 3.8) is 0 Å². The second-order valence-corrected chi connectivity index (χ2v) is 18.3. The number of nitrogens with one attached hydrogen (secondary N) is 2. The molecule has 2 N–H and O–H groups in total. The Balaban J connectivity index is 1.26. The molecule has 3 atom stereocenters. The van der Waals surface area contributed by atoms with Gasteiger partial charge in [0.25, 0.3) is 24.3 Å². The van der Waals surface area contributed by atoms with E-state index < -0.39 is 158 Å². The highest BCUT2D eigenvalue weighted by Crippen LogP contribution is 2.68. The van der Waals surface area contributed by atoms with Crippen LogP contribution in [-0.4, -0.2) is 60.1 Å². The Morgan fingerprint density at radius 2 is 1.65 bits per heavy atom. The molecule has 66 heavy (non-hydrogen) atoms. The molecule has 2 fully saturated rings. The van der Waals surface area contributed by atoms with Gasteiger partial charge in [0, 0.05) is 30.0 Å². The summed E-state index contributed by atoms with van der Waals surface area (Å²) in [5.41, 5.74) is -7.33. The van der Waals surface area contributed by atoms with Gasteiger partial charge in [0.05, 0.1) is 44.3 Å². The fourth-order valence-corrected chi connectivity index (χ4v) is 9.92. The van der Waals surface area contributed by atoms with Crippen molar-refractivity contribution in [2.45, 2.75) is 80.9 Å². The van der Waals surface area contributed by atoms with Gasteiger partial charge in [-0.3, -0.25) is 28.2 Å². The largest absolute Gasteiger partial charge is 0.433 e. The van der Waals surface area contributed by atoms with E-state index in [1.165, 1.54) is 0 Å². The van der Waals surface area contributed by atoms with Crippen molar-refractivity contribution in [2.24, 2.45) is 5.92 Å². The molecule has 0 aliphatic heterocycles. The lowest BCUT2D eigenvalue weighted by Gasteiger charge is -2.24. The smallest absolute Gasteiger partial charge is 0.344 e. The molecular weight excluding hydrogens is 947 g/mol. The van der Waals surface area contributed by atoms with Gasteiger partial charge in [0.2, 0.25) is 15.9 Å². The lowest BCUT2D eigenvalue weighted by Crippen LogP contribution is -2.38. The normalized spacial score (nSPS) is 18.2. The van der Waals surface area contributed by atoms with Gasteiger partial charge in [-0.05, 0) is 67.1 Å². The lowest BCUT2D eigenvalue weighted by molar-refractivity contribution is -0.141. The number of hydrogen-bond acceptors (Lipinski definition) is 8. The molecule has 0 bridgehead atoms. The van der Waals surface area contributed by atoms with E-state index in [4.69, 9.17) is 11.6 Å². The van der Waals surface area contributed by atoms with Crippen LogP contribution < -0.4 is 15.6 Å². The van der Waals surface area contributed by atoms with Crippen molar-refractivity contribution in [1.29, 1.82) is 0 Å². The molecule has 2 aromatic carbocycles. The van der Waals surface area contributed by atoms with Gasteiger partial charge in [-0.15, -0.1) is 0 Å². The first-order valence-electron chi connectivity index (χ1n) is 19.7. The van der Waals surface area contributed by atoms with Crippen LogP contribution in [0, 0.1) is 17.6 Å². The Morgan fingerprint density at radius 3 is 2.30 bits per heavy atom. The first kappa shape index (κ1) is 45.1. The third-order valence-corrected chi connectivity index (χ3v) is 13.4. The van der Waals surface area contributed by atoms with E-state index in [0.29, 0.717) is 32.1 Å². The Kier molecular flexibility index (Phi) is 11.0. The number of sulfonamides is 1. The van der Waals surface area contributed by atoms with Crippen LogP contribution in [0.3, 0.4) is 0 Å². The molecule has 9 rings (SSSR count). The van der Waals surface area contributed by atoms with Gasteiger partial charge >= 0.3 is 6.18 Å². The monoisotopic (exact) mass is 975 g/mol. The Bertz CT molecular complexity index is 3120. The average molecular weight is 976 g/mol. The molecule has 26 heteroatoms. The predicted octanol–water partition coefficient (Wildman–Crippen LogP) is 8.21. The van der Waals surface area contributed by atoms with E-state index in [1.807, 2.05) is 0 Å². The summed E-state index contributed by atoms with van der Waals surface area (Å²) in [5.74, 6) is -10.8. The molecule has 0 spiro atoms. The molecule has 2 saturated carbocycles. The van der Waals surface area contributed by atoms with Crippen LogP contribution >= 0.6 is 11.6 Å². The van der Waals surface area contributed by atoms with Crippen LogP contribution in [0.2, 0.25) is 5.02 Å². The maximum Gasteiger partial charge on any atom is 0.433 e. The molecule has 6 aromatic rings. The van der Waals surface area contributed by atoms with E-state index in [9.17, 15) is 57.5 Å². The molecule has 0 unspecified atom stereocenters. The number of alkyl halides is 9. The fourth-order valence-electron chi connectivity index (χ4n) is 8.34. The summed E-state index contributed by atoms with van der Waals surface area (Å²) >= 11 is 6.56. The predicted molar refractivity (Wildman–Crippen MR) is 211 cm³/mol. The van der Waals surface area contributed by atoms with Crippen molar-refractivity contribution in [1.82, 2.24) is 39.4 Å². The van der Waals surface area contributed by atoms with Crippen LogP contribution in [0.15, 0.2) is 59.4 Å². The van der Waals surface area contributed by atoms with E-state index in [-0.39, 0.29) is 35.2 Å². The molecule has 0 radical (unpaired) electrons. The molecule has 4 heterocycles. The number of fused-ring (bicyclic) bond motifs is 4. The number of halogens is 12. The zero-order valence-electron chi connectivity index (χ0n) is 33.1. The van der Waals surface area contributed by atoms with E-state index >= 15 is 8.78 Å². The Hall–Kier alpha value is -6.11. The van der Waals surface area contributed by atoms with E-state index in [0.717, 1.165) is 36.4 Å². The number of carbonyl (C=O) groups is 1. The summed E-state index contributed by atoms with van der Waals surface area (Å²) in [5, 5.41) is 8.63. The number of pyridine rings is 1. The Labute approximate surface area is 368 Å². The van der Waals surface area contributed by atoms with Crippen LogP contribution in [-0.2, 0) is 46.4 Å². The van der Waals surface area contributed by atoms with E-state index in [2.05, 4.69) is 30.2 Å². The number of aromatic nitrogens is 7. The average Bonchev–Trinajstić information content (AvgIpc) is 4.14. The zero-order valence-corrected chi connectivity index (χ0v) is 34.7. The summed E-state index contributed by atoms with van der Waals surface area (Å²) < 4.78 is 189. The topological polar surface area (TPSA) is 159 Å². The number of benzene rings is 2. The highest BCUT2D eigenvalue weighted by molar-refractivity contribution is 7.93. The molecule has 3 aliphatic rings. The van der Waals surface area contributed by atoms with Gasteiger partial charge in [0.1, 0.15) is 47.6 Å². The highest BCUT2D eigenvalue weighted by atomic mass is 35.5. The first-order valence-corrected chi connectivity index (χ1v) is 21.6. The van der Waals surface area contributed by atoms with E-state index in [1.54, 1.807) is 0 Å². The zero-order chi connectivity index (χ0) is 47.4. The fraction of sp³-hybridized carbons (Fsp3) is 0.350. The van der Waals surface area contributed by atoms with Crippen LogP contribution in [0.4, 0.5) is 54.1 Å². The highest BCUT2D eigenvalue weighted by Gasteiger charge is 2.67. The van der Waals surface area contributed by atoms with Crippen molar-refractivity contribution >= 4 is 44.3 Å². The summed E-state index contributed by atoms with van der Waals surface area (Å²) in [7, 11) is -4.16. The van der Waals surface area contributed by atoms with Crippen molar-refractivity contribution in [2.75, 3.05) is 4.72 Å². The quantitative estimate of drug-likeness (QED) is 0.103. The summed E-state index contributed by atoms with van der Waals surface area (Å²) in [6.45, 7) is -2.43. The maximum absolute atomic E-state index is 15.5. The summed E-state index contributed by atoms with van der Waals surface area (Å²) in [4.78, 5) is 36.7. The van der Waals surface area contributed by atoms with Gasteiger partial charge in [-0.1, -0.05) is 17.7 Å². The van der Waals surface area contributed by atoms with Crippen molar-refractivity contribution < 1.29 is 61.5 Å². The number of carbonyl (C=O) groups excluding carboxylic acids is 1. The lowest BCUT2D eigenvalue weighted by atomic mass is 10.0. The Morgan fingerprint density at radius 1 is 0.939 bits per heavy atom. The van der Waals surface area contributed by atoms with Crippen molar-refractivity contribution in [3.8, 4) is 17.1 Å². The molecule has 1 amide bonds. The third kappa shape index (κ3) is 8.23. The molecular formula is C40H29ClF11N9O4S. The minimum atomic E-state index is -5.02. The van der Waals surface area contributed by atoms with Crippen molar-refractivity contribution in [3.05, 3.63) is 116 Å². The second-order valence-electron chi connectivity index (χ2n) is 15.9. The molecule has 13 nitrogen and oxygen atoms in total. The molecule has 4 aromatic heterocycles. The second kappa shape index (κ2) is 16.0. The third-order valence-electron chi connectivity index (χ3n) is 11.3. The number of amides is 1.